The van der Waals surface area contributed by atoms with Crippen LogP contribution < -0.4 is 23.8 Å². The Bertz CT molecular complexity index is 1700. The maximum atomic E-state index is 14.4. The first-order valence-corrected chi connectivity index (χ1v) is 15.6. The summed E-state index contributed by atoms with van der Waals surface area (Å²) in [4.78, 5) is 29.3. The van der Waals surface area contributed by atoms with Gasteiger partial charge in [-0.3, -0.25) is 13.9 Å². The Labute approximate surface area is 264 Å². The minimum absolute atomic E-state index is 0.000863. The molecule has 0 saturated heterocycles. The van der Waals surface area contributed by atoms with Crippen LogP contribution in [-0.4, -0.2) is 66.1 Å². The summed E-state index contributed by atoms with van der Waals surface area (Å²) in [7, 11) is 1.71. The highest BCUT2D eigenvalue weighted by atomic mass is 32.2. The Hall–Kier alpha value is -5.03. The van der Waals surface area contributed by atoms with Gasteiger partial charge in [0.1, 0.15) is 18.3 Å². The smallest absolute Gasteiger partial charge is 0.264 e. The number of rotatable bonds is 14. The van der Waals surface area contributed by atoms with Crippen molar-refractivity contribution in [3.8, 4) is 17.2 Å². The van der Waals surface area contributed by atoms with E-state index in [1.807, 2.05) is 36.4 Å². The SMILES string of the molecule is CNC(=O)[C@H](Cc1ccccc1)N(Cc1cccc(OC)c1)C(=O)CN(c1ccc(OC)c(OC)c1)S(=O)(=O)c1ccccc1. The van der Waals surface area contributed by atoms with Crippen molar-refractivity contribution in [2.75, 3.05) is 39.2 Å². The Balaban J connectivity index is 1.82. The van der Waals surface area contributed by atoms with E-state index in [9.17, 15) is 18.0 Å². The molecule has 0 aliphatic heterocycles. The molecule has 45 heavy (non-hydrogen) atoms. The standard InChI is InChI=1S/C34H37N3O7S/c1-35-34(39)30(21-25-12-7-5-8-13-25)36(23-26-14-11-15-28(20-26)42-2)33(38)24-37(45(40,41)29-16-9-6-10-17-29)27-18-19-31(43-3)32(22-27)44-4/h5-20,22,30H,21,23-24H2,1-4H3,(H,35,39)/t30-/m0/s1. The number of benzene rings is 4. The number of carbonyl (C=O) groups excluding carboxylic acids is 2. The fraction of sp³-hybridized carbons (Fsp3) is 0.235. The predicted octanol–water partition coefficient (Wildman–Crippen LogP) is 4.29. The molecular formula is C34H37N3O7S. The van der Waals surface area contributed by atoms with Gasteiger partial charge in [0.05, 0.1) is 31.9 Å². The number of amides is 2. The Morgan fingerprint density at radius 3 is 2.02 bits per heavy atom. The fourth-order valence-electron chi connectivity index (χ4n) is 4.92. The normalized spacial score (nSPS) is 11.6. The van der Waals surface area contributed by atoms with E-state index < -0.39 is 34.4 Å². The molecule has 0 radical (unpaired) electrons. The molecule has 0 spiro atoms. The van der Waals surface area contributed by atoms with E-state index >= 15 is 0 Å². The van der Waals surface area contributed by atoms with E-state index in [0.29, 0.717) is 17.1 Å². The van der Waals surface area contributed by atoms with Crippen molar-refractivity contribution < 1.29 is 32.2 Å². The quantitative estimate of drug-likeness (QED) is 0.221. The minimum atomic E-state index is -4.25. The fourth-order valence-corrected chi connectivity index (χ4v) is 6.34. The van der Waals surface area contributed by atoms with Gasteiger partial charge in [0.15, 0.2) is 11.5 Å². The monoisotopic (exact) mass is 631 g/mol. The van der Waals surface area contributed by atoms with E-state index in [4.69, 9.17) is 14.2 Å². The average molecular weight is 632 g/mol. The van der Waals surface area contributed by atoms with Gasteiger partial charge in [0.2, 0.25) is 11.8 Å². The second-order valence-corrected chi connectivity index (χ2v) is 11.9. The van der Waals surface area contributed by atoms with Gasteiger partial charge < -0.3 is 24.4 Å². The van der Waals surface area contributed by atoms with Crippen LogP contribution in [0.2, 0.25) is 0 Å². The molecule has 10 nitrogen and oxygen atoms in total. The summed E-state index contributed by atoms with van der Waals surface area (Å²) >= 11 is 0. The number of hydrogen-bond acceptors (Lipinski definition) is 7. The van der Waals surface area contributed by atoms with Crippen molar-refractivity contribution in [3.05, 3.63) is 114 Å². The lowest BCUT2D eigenvalue weighted by Crippen LogP contribution is -2.53. The number of ether oxygens (including phenoxy) is 3. The molecule has 1 atom stereocenters. The predicted molar refractivity (Wildman–Crippen MR) is 172 cm³/mol. The lowest BCUT2D eigenvalue weighted by molar-refractivity contribution is -0.139. The number of nitrogens with zero attached hydrogens (tertiary/aromatic N) is 2. The van der Waals surface area contributed by atoms with Gasteiger partial charge in [-0.2, -0.15) is 0 Å². The summed E-state index contributed by atoms with van der Waals surface area (Å²) in [5.74, 6) is 0.288. The first kappa shape index (κ1) is 32.9. The Morgan fingerprint density at radius 1 is 0.756 bits per heavy atom. The summed E-state index contributed by atoms with van der Waals surface area (Å²) < 4.78 is 45.5. The molecule has 4 aromatic rings. The van der Waals surface area contributed by atoms with Crippen LogP contribution in [-0.2, 0) is 32.6 Å². The molecule has 0 aliphatic carbocycles. The van der Waals surface area contributed by atoms with Crippen molar-refractivity contribution in [2.24, 2.45) is 0 Å². The van der Waals surface area contributed by atoms with Crippen LogP contribution in [0.5, 0.6) is 17.2 Å². The van der Waals surface area contributed by atoms with Crippen molar-refractivity contribution in [1.82, 2.24) is 10.2 Å². The molecule has 11 heteroatoms. The average Bonchev–Trinajstić information content (AvgIpc) is 3.08. The van der Waals surface area contributed by atoms with Crippen LogP contribution in [0, 0.1) is 0 Å². The zero-order valence-electron chi connectivity index (χ0n) is 25.7. The third kappa shape index (κ3) is 7.93. The van der Waals surface area contributed by atoms with E-state index in [0.717, 1.165) is 9.87 Å². The minimum Gasteiger partial charge on any atom is -0.497 e. The third-order valence-electron chi connectivity index (χ3n) is 7.27. The number of methoxy groups -OCH3 is 3. The zero-order chi connectivity index (χ0) is 32.4. The van der Waals surface area contributed by atoms with Gasteiger partial charge >= 0.3 is 0 Å². The summed E-state index contributed by atoms with van der Waals surface area (Å²) in [6, 6.07) is 28.0. The molecule has 236 valence electrons. The van der Waals surface area contributed by atoms with Crippen molar-refractivity contribution in [1.29, 1.82) is 0 Å². The highest BCUT2D eigenvalue weighted by Crippen LogP contribution is 2.34. The maximum absolute atomic E-state index is 14.4. The first-order valence-electron chi connectivity index (χ1n) is 14.2. The molecule has 4 aromatic carbocycles. The molecule has 0 aromatic heterocycles. The first-order chi connectivity index (χ1) is 21.7. The molecule has 0 heterocycles. The largest absolute Gasteiger partial charge is 0.497 e. The molecule has 0 bridgehead atoms. The van der Waals surface area contributed by atoms with Gasteiger partial charge in [0, 0.05) is 26.1 Å². The summed E-state index contributed by atoms with van der Waals surface area (Å²) in [5.41, 5.74) is 1.72. The van der Waals surface area contributed by atoms with Gasteiger partial charge in [-0.15, -0.1) is 0 Å². The number of nitrogens with one attached hydrogen (secondary N) is 1. The van der Waals surface area contributed by atoms with E-state index in [1.54, 1.807) is 55.6 Å². The second-order valence-electron chi connectivity index (χ2n) is 10.1. The van der Waals surface area contributed by atoms with Crippen LogP contribution >= 0.6 is 0 Å². The summed E-state index contributed by atoms with van der Waals surface area (Å²) in [6.45, 7) is -0.578. The van der Waals surface area contributed by atoms with Crippen molar-refractivity contribution in [2.45, 2.75) is 23.9 Å². The third-order valence-corrected chi connectivity index (χ3v) is 9.06. The van der Waals surface area contributed by atoms with Crippen LogP contribution in [0.4, 0.5) is 5.69 Å². The molecular weight excluding hydrogens is 594 g/mol. The van der Waals surface area contributed by atoms with Gasteiger partial charge in [-0.25, -0.2) is 8.42 Å². The van der Waals surface area contributed by atoms with Crippen LogP contribution in [0.15, 0.2) is 108 Å². The molecule has 2 amide bonds. The van der Waals surface area contributed by atoms with Gasteiger partial charge in [0.25, 0.3) is 10.0 Å². The lowest BCUT2D eigenvalue weighted by Gasteiger charge is -2.33. The van der Waals surface area contributed by atoms with E-state index in [-0.39, 0.29) is 29.3 Å². The Kier molecular flexibility index (Phi) is 11.0. The zero-order valence-corrected chi connectivity index (χ0v) is 26.5. The van der Waals surface area contributed by atoms with Crippen LogP contribution in [0.25, 0.3) is 0 Å². The van der Waals surface area contributed by atoms with Crippen molar-refractivity contribution >= 4 is 27.5 Å². The van der Waals surface area contributed by atoms with Crippen LogP contribution in [0.3, 0.4) is 0 Å². The molecule has 0 aliphatic rings. The molecule has 0 saturated carbocycles. The van der Waals surface area contributed by atoms with Gasteiger partial charge in [-0.1, -0.05) is 60.7 Å². The number of anilines is 1. The van der Waals surface area contributed by atoms with Crippen LogP contribution in [0.1, 0.15) is 11.1 Å². The summed E-state index contributed by atoms with van der Waals surface area (Å²) in [6.07, 6.45) is 0.206. The van der Waals surface area contributed by atoms with E-state index in [1.165, 1.54) is 44.4 Å². The highest BCUT2D eigenvalue weighted by molar-refractivity contribution is 7.92. The topological polar surface area (TPSA) is 114 Å². The van der Waals surface area contributed by atoms with Gasteiger partial charge in [-0.05, 0) is 47.5 Å². The number of hydrogen-bond donors (Lipinski definition) is 1. The Morgan fingerprint density at radius 2 is 1.40 bits per heavy atom. The number of likely N-dealkylation sites (N-methyl/N-ethyl adjacent to an activating group) is 1. The number of carbonyl (C=O) groups is 2. The molecule has 4 rings (SSSR count). The lowest BCUT2D eigenvalue weighted by atomic mass is 10.0. The van der Waals surface area contributed by atoms with E-state index in [2.05, 4.69) is 5.32 Å². The highest BCUT2D eigenvalue weighted by Gasteiger charge is 2.34. The number of sulfonamides is 1. The summed E-state index contributed by atoms with van der Waals surface area (Å²) in [5, 5.41) is 2.68. The second kappa shape index (κ2) is 15.1. The van der Waals surface area contributed by atoms with Crippen molar-refractivity contribution in [3.63, 3.8) is 0 Å². The molecule has 0 unspecified atom stereocenters. The molecule has 0 fully saturated rings. The molecule has 1 N–H and O–H groups in total. The maximum Gasteiger partial charge on any atom is 0.264 e.